The Morgan fingerprint density at radius 2 is 1.41 bits per heavy atom. The summed E-state index contributed by atoms with van der Waals surface area (Å²) in [4.78, 5) is 11.7. The fraction of sp³-hybridized carbons (Fsp3) is 0.560. The number of hydrogen-bond acceptors (Lipinski definition) is 1. The molecule has 0 unspecified atom stereocenters. The molecule has 1 rings (SSSR count). The summed E-state index contributed by atoms with van der Waals surface area (Å²) < 4.78 is 0. The molecule has 0 aliphatic heterocycles. The van der Waals surface area contributed by atoms with E-state index in [4.69, 9.17) is 0 Å². The van der Waals surface area contributed by atoms with Crippen LogP contribution in [-0.2, 0) is 11.3 Å². The molecule has 2 nitrogen and oxygen atoms in total. The molecule has 1 amide bonds. The third-order valence-corrected chi connectivity index (χ3v) is 4.78. The molecule has 0 atom stereocenters. The zero-order valence-electron chi connectivity index (χ0n) is 17.3. The van der Waals surface area contributed by atoms with Gasteiger partial charge in [0.15, 0.2) is 0 Å². The van der Waals surface area contributed by atoms with Gasteiger partial charge in [0.2, 0.25) is 5.91 Å². The predicted octanol–water partition coefficient (Wildman–Crippen LogP) is 7.12. The van der Waals surface area contributed by atoms with Gasteiger partial charge in [-0.1, -0.05) is 120 Å². The Bertz CT molecular complexity index is 518. The maximum Gasteiger partial charge on any atom is 0.244 e. The molecule has 0 fully saturated rings. The van der Waals surface area contributed by atoms with E-state index in [1.165, 1.54) is 70.6 Å². The lowest BCUT2D eigenvalue weighted by Crippen LogP contribution is -2.20. The average Bonchev–Trinajstić information content (AvgIpc) is 2.70. The van der Waals surface area contributed by atoms with Gasteiger partial charge in [-0.3, -0.25) is 4.79 Å². The minimum atomic E-state index is -0.0433. The Morgan fingerprint density at radius 3 is 2.04 bits per heavy atom. The van der Waals surface area contributed by atoms with Crippen molar-refractivity contribution in [1.82, 2.24) is 5.32 Å². The van der Waals surface area contributed by atoms with Crippen LogP contribution >= 0.6 is 0 Å². The molecule has 27 heavy (non-hydrogen) atoms. The standard InChI is InChI=1S/C25H39NO/c1-2-3-4-5-6-7-8-9-10-11-12-13-14-15-19-22-25(27)26-23-24-20-17-16-18-21-24/h14-22H,2-13,23H2,1H3,(H,26,27)/b15-14-,22-19-. The molecular formula is C25H39NO. The van der Waals surface area contributed by atoms with E-state index in [9.17, 15) is 4.79 Å². The fourth-order valence-electron chi connectivity index (χ4n) is 3.09. The van der Waals surface area contributed by atoms with Crippen LogP contribution in [0.4, 0.5) is 0 Å². The van der Waals surface area contributed by atoms with Crippen LogP contribution in [0, 0.1) is 0 Å². The second kappa shape index (κ2) is 17.6. The Labute approximate surface area is 167 Å². The molecule has 0 spiro atoms. The monoisotopic (exact) mass is 369 g/mol. The van der Waals surface area contributed by atoms with Gasteiger partial charge in [0.05, 0.1) is 0 Å². The van der Waals surface area contributed by atoms with Gasteiger partial charge in [0, 0.05) is 12.6 Å². The van der Waals surface area contributed by atoms with Crippen molar-refractivity contribution in [2.75, 3.05) is 0 Å². The number of allylic oxidation sites excluding steroid dienone is 3. The highest BCUT2D eigenvalue weighted by molar-refractivity contribution is 5.87. The first-order valence-corrected chi connectivity index (χ1v) is 11.0. The van der Waals surface area contributed by atoms with Gasteiger partial charge in [0.1, 0.15) is 0 Å². The highest BCUT2D eigenvalue weighted by Crippen LogP contribution is 2.12. The van der Waals surface area contributed by atoms with Crippen LogP contribution < -0.4 is 5.32 Å². The van der Waals surface area contributed by atoms with Crippen molar-refractivity contribution in [3.8, 4) is 0 Å². The molecule has 0 heterocycles. The number of benzene rings is 1. The Hall–Kier alpha value is -1.83. The number of carbonyl (C=O) groups is 1. The van der Waals surface area contributed by atoms with E-state index < -0.39 is 0 Å². The summed E-state index contributed by atoms with van der Waals surface area (Å²) in [6.07, 6.45) is 23.8. The summed E-state index contributed by atoms with van der Waals surface area (Å²) in [5.41, 5.74) is 1.12. The Kier molecular flexibility index (Phi) is 15.1. The van der Waals surface area contributed by atoms with Crippen molar-refractivity contribution in [3.63, 3.8) is 0 Å². The molecule has 0 aliphatic carbocycles. The first-order chi connectivity index (χ1) is 13.3. The second-order valence-corrected chi connectivity index (χ2v) is 7.31. The lowest BCUT2D eigenvalue weighted by atomic mass is 10.1. The van der Waals surface area contributed by atoms with E-state index in [2.05, 4.69) is 18.3 Å². The number of amides is 1. The number of nitrogens with one attached hydrogen (secondary N) is 1. The number of carbonyl (C=O) groups excluding carboxylic acids is 1. The predicted molar refractivity (Wildman–Crippen MR) is 118 cm³/mol. The van der Waals surface area contributed by atoms with Crippen molar-refractivity contribution in [1.29, 1.82) is 0 Å². The molecule has 1 aromatic carbocycles. The van der Waals surface area contributed by atoms with Gasteiger partial charge < -0.3 is 5.32 Å². The maximum absolute atomic E-state index is 11.7. The first-order valence-electron chi connectivity index (χ1n) is 11.0. The van der Waals surface area contributed by atoms with E-state index in [0.29, 0.717) is 6.54 Å². The van der Waals surface area contributed by atoms with Crippen molar-refractivity contribution >= 4 is 5.91 Å². The van der Waals surface area contributed by atoms with Gasteiger partial charge in [-0.2, -0.15) is 0 Å². The largest absolute Gasteiger partial charge is 0.348 e. The SMILES string of the molecule is CCCCCCCCCCCCC/C=C\C=C/C(=O)NCc1ccccc1. The van der Waals surface area contributed by atoms with E-state index in [1.807, 2.05) is 42.5 Å². The smallest absolute Gasteiger partial charge is 0.244 e. The Morgan fingerprint density at radius 1 is 0.815 bits per heavy atom. The van der Waals surface area contributed by atoms with Gasteiger partial charge >= 0.3 is 0 Å². The molecule has 0 aliphatic rings. The van der Waals surface area contributed by atoms with Crippen LogP contribution in [0.5, 0.6) is 0 Å². The van der Waals surface area contributed by atoms with Crippen molar-refractivity contribution in [2.45, 2.75) is 90.5 Å². The second-order valence-electron chi connectivity index (χ2n) is 7.31. The minimum Gasteiger partial charge on any atom is -0.348 e. The zero-order valence-corrected chi connectivity index (χ0v) is 17.3. The summed E-state index contributed by atoms with van der Waals surface area (Å²) in [6, 6.07) is 9.96. The summed E-state index contributed by atoms with van der Waals surface area (Å²) >= 11 is 0. The maximum atomic E-state index is 11.7. The van der Waals surface area contributed by atoms with Gasteiger partial charge in [-0.15, -0.1) is 0 Å². The molecule has 0 radical (unpaired) electrons. The first kappa shape index (κ1) is 23.2. The quantitative estimate of drug-likeness (QED) is 0.188. The fourth-order valence-corrected chi connectivity index (χ4v) is 3.09. The van der Waals surface area contributed by atoms with Crippen LogP contribution in [0.1, 0.15) is 89.5 Å². The molecule has 2 heteroatoms. The van der Waals surface area contributed by atoms with E-state index in [0.717, 1.165) is 12.0 Å². The molecule has 150 valence electrons. The third kappa shape index (κ3) is 15.0. The topological polar surface area (TPSA) is 29.1 Å². The van der Waals surface area contributed by atoms with Crippen LogP contribution in [0.2, 0.25) is 0 Å². The summed E-state index contributed by atoms with van der Waals surface area (Å²) in [5, 5.41) is 2.89. The number of unbranched alkanes of at least 4 members (excludes halogenated alkanes) is 11. The Balaban J connectivity index is 1.89. The normalized spacial score (nSPS) is 11.4. The van der Waals surface area contributed by atoms with Gasteiger partial charge in [-0.05, 0) is 18.4 Å². The molecule has 0 aromatic heterocycles. The molecule has 0 saturated heterocycles. The average molecular weight is 370 g/mol. The lowest BCUT2D eigenvalue weighted by Gasteiger charge is -2.01. The summed E-state index contributed by atoms with van der Waals surface area (Å²) in [5.74, 6) is -0.0433. The molecule has 0 bridgehead atoms. The minimum absolute atomic E-state index is 0.0433. The third-order valence-electron chi connectivity index (χ3n) is 4.78. The highest BCUT2D eigenvalue weighted by atomic mass is 16.1. The van der Waals surface area contributed by atoms with Crippen molar-refractivity contribution < 1.29 is 4.79 Å². The number of rotatable bonds is 16. The van der Waals surface area contributed by atoms with Gasteiger partial charge in [0.25, 0.3) is 0 Å². The highest BCUT2D eigenvalue weighted by Gasteiger charge is 1.95. The molecular weight excluding hydrogens is 330 g/mol. The van der Waals surface area contributed by atoms with Gasteiger partial charge in [-0.25, -0.2) is 0 Å². The number of hydrogen-bond donors (Lipinski definition) is 1. The molecule has 1 N–H and O–H groups in total. The zero-order chi connectivity index (χ0) is 19.4. The summed E-state index contributed by atoms with van der Waals surface area (Å²) in [6.45, 7) is 2.85. The lowest BCUT2D eigenvalue weighted by molar-refractivity contribution is -0.116. The summed E-state index contributed by atoms with van der Waals surface area (Å²) in [7, 11) is 0. The molecule has 1 aromatic rings. The molecule has 0 saturated carbocycles. The van der Waals surface area contributed by atoms with E-state index in [1.54, 1.807) is 6.08 Å². The van der Waals surface area contributed by atoms with E-state index >= 15 is 0 Å². The van der Waals surface area contributed by atoms with Crippen LogP contribution in [0.25, 0.3) is 0 Å². The van der Waals surface area contributed by atoms with Crippen LogP contribution in [0.15, 0.2) is 54.6 Å². The van der Waals surface area contributed by atoms with Crippen LogP contribution in [-0.4, -0.2) is 5.91 Å². The van der Waals surface area contributed by atoms with E-state index in [-0.39, 0.29) is 5.91 Å². The van der Waals surface area contributed by atoms with Crippen molar-refractivity contribution in [3.05, 3.63) is 60.2 Å². The van der Waals surface area contributed by atoms with Crippen molar-refractivity contribution in [2.24, 2.45) is 0 Å². The van der Waals surface area contributed by atoms with Crippen LogP contribution in [0.3, 0.4) is 0 Å².